The third-order valence-corrected chi connectivity index (χ3v) is 1.73. The quantitative estimate of drug-likeness (QED) is 0.552. The fourth-order valence-electron chi connectivity index (χ4n) is 0.614. The summed E-state index contributed by atoms with van der Waals surface area (Å²) in [5, 5.41) is 0.319. The van der Waals surface area contributed by atoms with Crippen molar-refractivity contribution in [3.63, 3.8) is 0 Å². The van der Waals surface area contributed by atoms with Crippen molar-refractivity contribution in [2.45, 2.75) is 6.92 Å². The molecule has 0 aliphatic heterocycles. The molecule has 0 radical (unpaired) electrons. The van der Waals surface area contributed by atoms with Crippen LogP contribution in [0.25, 0.3) is 0 Å². The number of rotatable bonds is 2. The first-order valence-corrected chi connectivity index (χ1v) is 4.24. The van der Waals surface area contributed by atoms with Gasteiger partial charge >= 0.3 is 0 Å². The van der Waals surface area contributed by atoms with Crippen LogP contribution >= 0.6 is 15.9 Å². The zero-order chi connectivity index (χ0) is 8.27. The van der Waals surface area contributed by atoms with Crippen LogP contribution in [0.4, 0.5) is 0 Å². The molecule has 0 atom stereocenters. The van der Waals surface area contributed by atoms with Gasteiger partial charge in [-0.05, 0) is 6.92 Å². The van der Waals surface area contributed by atoms with E-state index < -0.39 is 0 Å². The Morgan fingerprint density at radius 2 is 2.09 bits per heavy atom. The van der Waals surface area contributed by atoms with E-state index in [1.807, 2.05) is 0 Å². The van der Waals surface area contributed by atoms with Crippen molar-refractivity contribution in [3.05, 3.63) is 23.8 Å². The number of hydrogen-bond donors (Lipinski definition) is 0. The Morgan fingerprint density at radius 3 is 2.55 bits per heavy atom. The van der Waals surface area contributed by atoms with Crippen LogP contribution in [0.2, 0.25) is 0 Å². The van der Waals surface area contributed by atoms with E-state index in [-0.39, 0.29) is 5.78 Å². The maximum absolute atomic E-state index is 11.0. The number of carbonyl (C=O) groups excluding carboxylic acids is 1. The lowest BCUT2D eigenvalue weighted by molar-refractivity contribution is 0.102. The predicted molar refractivity (Wildman–Crippen MR) is 44.9 cm³/mol. The molecule has 0 aromatic carbocycles. The first-order valence-electron chi connectivity index (χ1n) is 3.12. The summed E-state index contributed by atoms with van der Waals surface area (Å²) in [5.74, 6) is 0.682. The highest BCUT2D eigenvalue weighted by Gasteiger charge is 2.02. The number of ketones is 1. The summed E-state index contributed by atoms with van der Waals surface area (Å²) < 4.78 is 0. The minimum atomic E-state index is 0.00463. The number of aryl methyl sites for hydroxylation is 1. The van der Waals surface area contributed by atoms with Gasteiger partial charge in [0.05, 0.1) is 10.9 Å². The summed E-state index contributed by atoms with van der Waals surface area (Å²) >= 11 is 3.06. The molecule has 0 bridgehead atoms. The topological polar surface area (TPSA) is 42.9 Å². The van der Waals surface area contributed by atoms with Crippen LogP contribution in [0.3, 0.4) is 0 Å². The molecule has 0 fully saturated rings. The van der Waals surface area contributed by atoms with E-state index in [4.69, 9.17) is 0 Å². The largest absolute Gasteiger partial charge is 0.293 e. The molecule has 3 nitrogen and oxygen atoms in total. The second kappa shape index (κ2) is 3.57. The molecule has 11 heavy (non-hydrogen) atoms. The summed E-state index contributed by atoms with van der Waals surface area (Å²) in [6.45, 7) is 1.78. The van der Waals surface area contributed by atoms with E-state index in [0.717, 1.165) is 0 Å². The third kappa shape index (κ3) is 2.08. The van der Waals surface area contributed by atoms with Gasteiger partial charge in [0.2, 0.25) is 0 Å². The van der Waals surface area contributed by atoms with Crippen molar-refractivity contribution in [3.8, 4) is 0 Å². The molecular formula is C7H7BrN2O. The average Bonchev–Trinajstić information content (AvgIpc) is 2.05. The Morgan fingerprint density at radius 1 is 1.55 bits per heavy atom. The van der Waals surface area contributed by atoms with Gasteiger partial charge in [-0.25, -0.2) is 9.97 Å². The molecule has 0 spiro atoms. The van der Waals surface area contributed by atoms with Gasteiger partial charge in [-0.3, -0.25) is 4.79 Å². The zero-order valence-corrected chi connectivity index (χ0v) is 7.63. The zero-order valence-electron chi connectivity index (χ0n) is 6.04. The average molecular weight is 215 g/mol. The van der Waals surface area contributed by atoms with E-state index in [1.165, 1.54) is 12.4 Å². The SMILES string of the molecule is Cc1ncc(C(=O)CBr)cn1. The molecular weight excluding hydrogens is 208 g/mol. The van der Waals surface area contributed by atoms with E-state index in [1.54, 1.807) is 6.92 Å². The van der Waals surface area contributed by atoms with Crippen molar-refractivity contribution in [2.24, 2.45) is 0 Å². The highest BCUT2D eigenvalue weighted by Crippen LogP contribution is 1.99. The van der Waals surface area contributed by atoms with Crippen LogP contribution in [0, 0.1) is 6.92 Å². The third-order valence-electron chi connectivity index (χ3n) is 1.22. The predicted octanol–water partition coefficient (Wildman–Crippen LogP) is 1.36. The minimum absolute atomic E-state index is 0.00463. The number of carbonyl (C=O) groups is 1. The molecule has 1 heterocycles. The Balaban J connectivity index is 2.90. The maximum Gasteiger partial charge on any atom is 0.176 e. The van der Waals surface area contributed by atoms with Crippen LogP contribution < -0.4 is 0 Å². The monoisotopic (exact) mass is 214 g/mol. The Labute approximate surface area is 73.0 Å². The Bertz CT molecular complexity index is 258. The van der Waals surface area contributed by atoms with Crippen LogP contribution in [0.1, 0.15) is 16.2 Å². The number of halogens is 1. The number of aromatic nitrogens is 2. The molecule has 0 amide bonds. The molecule has 0 aliphatic carbocycles. The van der Waals surface area contributed by atoms with Gasteiger partial charge in [0.15, 0.2) is 5.78 Å². The molecule has 0 aliphatic rings. The Kier molecular flexibility index (Phi) is 2.70. The highest BCUT2D eigenvalue weighted by molar-refractivity contribution is 9.09. The molecule has 1 rings (SSSR count). The van der Waals surface area contributed by atoms with Gasteiger partial charge in [0, 0.05) is 12.4 Å². The molecule has 58 valence electrons. The van der Waals surface area contributed by atoms with Crippen molar-refractivity contribution in [1.82, 2.24) is 9.97 Å². The number of hydrogen-bond acceptors (Lipinski definition) is 3. The fourth-order valence-corrected chi connectivity index (χ4v) is 0.937. The van der Waals surface area contributed by atoms with Crippen LogP contribution in [0.15, 0.2) is 12.4 Å². The van der Waals surface area contributed by atoms with E-state index >= 15 is 0 Å². The summed E-state index contributed by atoms with van der Waals surface area (Å²) in [7, 11) is 0. The minimum Gasteiger partial charge on any atom is -0.293 e. The fraction of sp³-hybridized carbons (Fsp3) is 0.286. The first kappa shape index (κ1) is 8.33. The first-order chi connectivity index (χ1) is 5.24. The summed E-state index contributed by atoms with van der Waals surface area (Å²) in [4.78, 5) is 18.8. The van der Waals surface area contributed by atoms with Crippen LogP contribution in [0.5, 0.6) is 0 Å². The van der Waals surface area contributed by atoms with Gasteiger partial charge in [-0.1, -0.05) is 15.9 Å². The lowest BCUT2D eigenvalue weighted by atomic mass is 10.2. The lowest BCUT2D eigenvalue weighted by Crippen LogP contribution is -2.01. The van der Waals surface area contributed by atoms with Gasteiger partial charge in [-0.15, -0.1) is 0 Å². The van der Waals surface area contributed by atoms with Crippen molar-refractivity contribution in [1.29, 1.82) is 0 Å². The highest BCUT2D eigenvalue weighted by atomic mass is 79.9. The molecule has 1 aromatic rings. The van der Waals surface area contributed by atoms with Crippen molar-refractivity contribution in [2.75, 3.05) is 5.33 Å². The normalized spacial score (nSPS) is 9.64. The molecule has 0 N–H and O–H groups in total. The van der Waals surface area contributed by atoms with E-state index in [2.05, 4.69) is 25.9 Å². The number of Topliss-reactive ketones (excluding diaryl/α,β-unsaturated/α-hetero) is 1. The second-order valence-corrected chi connectivity index (χ2v) is 2.64. The molecule has 0 saturated carbocycles. The van der Waals surface area contributed by atoms with Crippen LogP contribution in [-0.2, 0) is 0 Å². The smallest absolute Gasteiger partial charge is 0.176 e. The van der Waals surface area contributed by atoms with E-state index in [9.17, 15) is 4.79 Å². The standard InChI is InChI=1S/C7H7BrN2O/c1-5-9-3-6(4-10-5)7(11)2-8/h3-4H,2H2,1H3. The molecule has 0 saturated heterocycles. The van der Waals surface area contributed by atoms with E-state index in [0.29, 0.717) is 16.7 Å². The second-order valence-electron chi connectivity index (χ2n) is 2.08. The van der Waals surface area contributed by atoms with Gasteiger partial charge in [-0.2, -0.15) is 0 Å². The summed E-state index contributed by atoms with van der Waals surface area (Å²) in [6.07, 6.45) is 3.07. The van der Waals surface area contributed by atoms with Crippen molar-refractivity contribution >= 4 is 21.7 Å². The summed E-state index contributed by atoms with van der Waals surface area (Å²) in [5.41, 5.74) is 0.549. The van der Waals surface area contributed by atoms with Gasteiger partial charge in [0.25, 0.3) is 0 Å². The maximum atomic E-state index is 11.0. The Hall–Kier alpha value is -0.770. The molecule has 1 aromatic heterocycles. The summed E-state index contributed by atoms with van der Waals surface area (Å²) in [6, 6.07) is 0. The van der Waals surface area contributed by atoms with Gasteiger partial charge < -0.3 is 0 Å². The molecule has 4 heteroatoms. The number of nitrogens with zero attached hydrogens (tertiary/aromatic N) is 2. The van der Waals surface area contributed by atoms with Crippen LogP contribution in [-0.4, -0.2) is 21.1 Å². The van der Waals surface area contributed by atoms with Crippen molar-refractivity contribution < 1.29 is 4.79 Å². The lowest BCUT2D eigenvalue weighted by Gasteiger charge is -1.94. The molecule has 0 unspecified atom stereocenters. The van der Waals surface area contributed by atoms with Gasteiger partial charge in [0.1, 0.15) is 5.82 Å². The number of alkyl halides is 1.